The van der Waals surface area contributed by atoms with Gasteiger partial charge < -0.3 is 24.1 Å². The molecule has 2 aromatic carbocycles. The molecule has 1 aliphatic rings. The molecule has 2 aromatic rings. The highest BCUT2D eigenvalue weighted by atomic mass is 16.6. The number of ether oxygens (including phenoxy) is 4. The van der Waals surface area contributed by atoms with Gasteiger partial charge in [-0.3, -0.25) is 0 Å². The molecule has 6 nitrogen and oxygen atoms in total. The van der Waals surface area contributed by atoms with Gasteiger partial charge in [-0.15, -0.1) is 0 Å². The third-order valence-electron chi connectivity index (χ3n) is 5.92. The summed E-state index contributed by atoms with van der Waals surface area (Å²) in [4.78, 5) is 13.1. The third-order valence-corrected chi connectivity index (χ3v) is 5.92. The summed E-state index contributed by atoms with van der Waals surface area (Å²) in [6.45, 7) is 14.8. The van der Waals surface area contributed by atoms with Crippen LogP contribution in [0.3, 0.4) is 0 Å². The first-order valence-corrected chi connectivity index (χ1v) is 11.8. The van der Waals surface area contributed by atoms with Crippen LogP contribution < -0.4 is 14.2 Å². The van der Waals surface area contributed by atoms with Gasteiger partial charge in [0.25, 0.3) is 0 Å². The molecule has 0 unspecified atom stereocenters. The maximum absolute atomic E-state index is 13.1. The van der Waals surface area contributed by atoms with Crippen molar-refractivity contribution < 1.29 is 28.8 Å². The topological polar surface area (TPSA) is 74.2 Å². The van der Waals surface area contributed by atoms with Crippen molar-refractivity contribution in [3.63, 3.8) is 0 Å². The lowest BCUT2D eigenvalue weighted by atomic mass is 9.96. The van der Waals surface area contributed by atoms with Gasteiger partial charge >= 0.3 is 5.97 Å². The summed E-state index contributed by atoms with van der Waals surface area (Å²) in [5.41, 5.74) is 3.19. The van der Waals surface area contributed by atoms with E-state index in [1.165, 1.54) is 7.11 Å². The number of methoxy groups -OCH3 is 1. The summed E-state index contributed by atoms with van der Waals surface area (Å²) in [7, 11) is 1.47. The molecule has 0 fully saturated rings. The maximum atomic E-state index is 13.1. The summed E-state index contributed by atoms with van der Waals surface area (Å²) < 4.78 is 23.8. The van der Waals surface area contributed by atoms with Crippen LogP contribution in [-0.2, 0) is 11.3 Å². The number of aliphatic hydroxyl groups excluding tert-OH is 1. The number of carbonyl (C=O) groups excluding carboxylic acids is 1. The zero-order chi connectivity index (χ0) is 25.0. The molecule has 0 radical (unpaired) electrons. The largest absolute Gasteiger partial charge is 0.495 e. The number of cyclic esters (lactones) is 1. The Balaban J connectivity index is 2.14. The molecule has 6 heteroatoms. The van der Waals surface area contributed by atoms with Crippen molar-refractivity contribution in [2.75, 3.05) is 13.7 Å². The fourth-order valence-electron chi connectivity index (χ4n) is 4.13. The fraction of sp³-hybridized carbons (Fsp3) is 0.464. The predicted molar refractivity (Wildman–Crippen MR) is 133 cm³/mol. The zero-order valence-corrected chi connectivity index (χ0v) is 21.1. The van der Waals surface area contributed by atoms with E-state index in [4.69, 9.17) is 18.9 Å². The molecule has 3 rings (SSSR count). The standard InChI is InChI=1S/C28H36O6/c1-8-19-18(6)14-24(32-12-11-16(2)3)26-21(19)15-33-28(30)25-23(34-26)10-9-20(27(25)31-7)22(29)13-17(4)5/h8-10,14,16-17,22,29H,1,11-13,15H2,2-7H3/t22-/m0/s1. The molecule has 1 N–H and O–H groups in total. The Morgan fingerprint density at radius 1 is 1.21 bits per heavy atom. The van der Waals surface area contributed by atoms with Crippen molar-refractivity contribution in [1.29, 1.82) is 0 Å². The lowest BCUT2D eigenvalue weighted by molar-refractivity contribution is 0.0453. The van der Waals surface area contributed by atoms with Gasteiger partial charge in [-0.25, -0.2) is 4.79 Å². The van der Waals surface area contributed by atoms with Crippen molar-refractivity contribution in [1.82, 2.24) is 0 Å². The third kappa shape index (κ3) is 5.39. The van der Waals surface area contributed by atoms with Gasteiger partial charge in [0.15, 0.2) is 11.5 Å². The van der Waals surface area contributed by atoms with Crippen LogP contribution in [0.25, 0.3) is 6.08 Å². The van der Waals surface area contributed by atoms with Gasteiger partial charge in [0.1, 0.15) is 23.7 Å². The number of aryl methyl sites for hydroxylation is 1. The van der Waals surface area contributed by atoms with E-state index in [9.17, 15) is 9.90 Å². The van der Waals surface area contributed by atoms with Crippen molar-refractivity contribution in [2.45, 2.75) is 60.2 Å². The molecule has 0 saturated carbocycles. The van der Waals surface area contributed by atoms with E-state index in [0.717, 1.165) is 17.5 Å². The Morgan fingerprint density at radius 2 is 1.94 bits per heavy atom. The van der Waals surface area contributed by atoms with E-state index in [1.807, 2.05) is 26.8 Å². The molecular weight excluding hydrogens is 432 g/mol. The van der Waals surface area contributed by atoms with E-state index >= 15 is 0 Å². The van der Waals surface area contributed by atoms with E-state index in [2.05, 4.69) is 20.4 Å². The van der Waals surface area contributed by atoms with Crippen LogP contribution >= 0.6 is 0 Å². The van der Waals surface area contributed by atoms with Crippen LogP contribution in [0, 0.1) is 18.8 Å². The minimum atomic E-state index is -0.782. The number of esters is 1. The van der Waals surface area contributed by atoms with E-state index < -0.39 is 12.1 Å². The number of rotatable bonds is 9. The molecule has 0 aromatic heterocycles. The number of hydrogen-bond acceptors (Lipinski definition) is 6. The van der Waals surface area contributed by atoms with Crippen molar-refractivity contribution in [2.24, 2.45) is 11.8 Å². The molecule has 0 saturated heterocycles. The van der Waals surface area contributed by atoms with E-state index in [-0.39, 0.29) is 29.6 Å². The SMILES string of the molecule is C=Cc1c(C)cc(OCCC(C)C)c2c1COC(=O)c1c(ccc([C@@H](O)CC(C)C)c1OC)O2. The number of fused-ring (bicyclic) bond motifs is 2. The van der Waals surface area contributed by atoms with Gasteiger partial charge in [0.05, 0.1) is 19.8 Å². The average Bonchev–Trinajstić information content (AvgIpc) is 2.76. The first kappa shape index (κ1) is 25.6. The smallest absolute Gasteiger partial charge is 0.346 e. The molecule has 0 spiro atoms. The highest BCUT2D eigenvalue weighted by Crippen LogP contribution is 2.46. The summed E-state index contributed by atoms with van der Waals surface area (Å²) in [6, 6.07) is 5.34. The van der Waals surface area contributed by atoms with Crippen molar-refractivity contribution in [3.8, 4) is 23.0 Å². The summed E-state index contributed by atoms with van der Waals surface area (Å²) in [5.74, 6) is 1.82. The normalized spacial score (nSPS) is 13.9. The van der Waals surface area contributed by atoms with E-state index in [1.54, 1.807) is 18.2 Å². The van der Waals surface area contributed by atoms with Crippen LogP contribution in [-0.4, -0.2) is 24.8 Å². The second-order valence-electron chi connectivity index (χ2n) is 9.53. The summed E-state index contributed by atoms with van der Waals surface area (Å²) in [6.07, 6.45) is 2.38. The fourth-order valence-corrected chi connectivity index (χ4v) is 4.13. The Morgan fingerprint density at radius 3 is 2.56 bits per heavy atom. The predicted octanol–water partition coefficient (Wildman–Crippen LogP) is 6.61. The quantitative estimate of drug-likeness (QED) is 0.417. The highest BCUT2D eigenvalue weighted by molar-refractivity contribution is 5.97. The first-order valence-electron chi connectivity index (χ1n) is 11.8. The maximum Gasteiger partial charge on any atom is 0.346 e. The van der Waals surface area contributed by atoms with Gasteiger partial charge in [-0.1, -0.05) is 40.3 Å². The number of aliphatic hydroxyl groups is 1. The van der Waals surface area contributed by atoms with Crippen LogP contribution in [0.5, 0.6) is 23.0 Å². The van der Waals surface area contributed by atoms with Crippen molar-refractivity contribution >= 4 is 12.0 Å². The second kappa shape index (κ2) is 11.0. The van der Waals surface area contributed by atoms with Crippen LogP contribution in [0.15, 0.2) is 24.8 Å². The molecule has 0 amide bonds. The average molecular weight is 469 g/mol. The Hall–Kier alpha value is -2.99. The lowest BCUT2D eigenvalue weighted by Crippen LogP contribution is -2.16. The summed E-state index contributed by atoms with van der Waals surface area (Å²) >= 11 is 0. The number of carbonyl (C=O) groups is 1. The number of hydrogen-bond donors (Lipinski definition) is 1. The molecule has 1 atom stereocenters. The molecule has 34 heavy (non-hydrogen) atoms. The van der Waals surface area contributed by atoms with Gasteiger partial charge in [-0.05, 0) is 60.9 Å². The first-order chi connectivity index (χ1) is 16.2. The Kier molecular flexibility index (Phi) is 8.26. The molecule has 0 bridgehead atoms. The highest BCUT2D eigenvalue weighted by Gasteiger charge is 2.31. The van der Waals surface area contributed by atoms with E-state index in [0.29, 0.717) is 41.6 Å². The second-order valence-corrected chi connectivity index (χ2v) is 9.53. The monoisotopic (exact) mass is 468 g/mol. The van der Waals surface area contributed by atoms with Crippen LogP contribution in [0.1, 0.15) is 79.3 Å². The van der Waals surface area contributed by atoms with Gasteiger partial charge in [0, 0.05) is 11.1 Å². The minimum Gasteiger partial charge on any atom is -0.495 e. The minimum absolute atomic E-state index is 0.000883. The lowest BCUT2D eigenvalue weighted by Gasteiger charge is -2.25. The zero-order valence-electron chi connectivity index (χ0n) is 21.1. The molecule has 0 aliphatic carbocycles. The molecule has 1 aliphatic heterocycles. The van der Waals surface area contributed by atoms with Gasteiger partial charge in [0.2, 0.25) is 0 Å². The Bertz CT molecular complexity index is 1050. The molecule has 184 valence electrons. The van der Waals surface area contributed by atoms with Gasteiger partial charge in [-0.2, -0.15) is 0 Å². The molecular formula is C28H36O6. The Labute approximate surface area is 202 Å². The van der Waals surface area contributed by atoms with Crippen LogP contribution in [0.4, 0.5) is 0 Å². The summed E-state index contributed by atoms with van der Waals surface area (Å²) in [5, 5.41) is 10.8. The number of benzene rings is 2. The van der Waals surface area contributed by atoms with Crippen LogP contribution in [0.2, 0.25) is 0 Å². The molecule has 1 heterocycles. The van der Waals surface area contributed by atoms with Crippen molar-refractivity contribution in [3.05, 3.63) is 52.6 Å².